The molecule has 0 bridgehead atoms. The van der Waals surface area contributed by atoms with E-state index in [4.69, 9.17) is 0 Å². The molecule has 1 saturated heterocycles. The highest BCUT2D eigenvalue weighted by Gasteiger charge is 2.15. The third-order valence-corrected chi connectivity index (χ3v) is 4.46. The highest BCUT2D eigenvalue weighted by Crippen LogP contribution is 2.13. The number of benzene rings is 1. The van der Waals surface area contributed by atoms with Gasteiger partial charge < -0.3 is 15.5 Å². The number of aryl methyl sites for hydroxylation is 1. The van der Waals surface area contributed by atoms with Crippen molar-refractivity contribution >= 4 is 47.3 Å². The molecule has 1 aliphatic heterocycles. The lowest BCUT2D eigenvalue weighted by atomic mass is 10.1. The summed E-state index contributed by atoms with van der Waals surface area (Å²) in [6.45, 7) is 4.40. The van der Waals surface area contributed by atoms with Crippen LogP contribution in [0, 0.1) is 6.92 Å². The van der Waals surface area contributed by atoms with Crippen molar-refractivity contribution in [3.05, 3.63) is 54.2 Å². The lowest BCUT2D eigenvalue weighted by Crippen LogP contribution is -2.40. The Morgan fingerprint density at radius 1 is 1.07 bits per heavy atom. The fraction of sp³-hybridized carbons (Fsp3) is 0.381. The molecule has 150 valence electrons. The third-order valence-electron chi connectivity index (χ3n) is 4.46. The van der Waals surface area contributed by atoms with Gasteiger partial charge in [-0.15, -0.1) is 24.0 Å². The van der Waals surface area contributed by atoms with Crippen LogP contribution >= 0.6 is 24.0 Å². The van der Waals surface area contributed by atoms with Gasteiger partial charge in [0.15, 0.2) is 5.96 Å². The van der Waals surface area contributed by atoms with Crippen molar-refractivity contribution in [2.24, 2.45) is 4.99 Å². The van der Waals surface area contributed by atoms with Crippen molar-refractivity contribution in [3.8, 4) is 0 Å². The van der Waals surface area contributed by atoms with Crippen molar-refractivity contribution in [3.63, 3.8) is 0 Å². The summed E-state index contributed by atoms with van der Waals surface area (Å²) in [4.78, 5) is 23.3. The number of piperidine rings is 1. The van der Waals surface area contributed by atoms with Gasteiger partial charge in [0.05, 0.1) is 6.54 Å². The van der Waals surface area contributed by atoms with Crippen LogP contribution in [0.2, 0.25) is 0 Å². The van der Waals surface area contributed by atoms with E-state index in [-0.39, 0.29) is 29.9 Å². The highest BCUT2D eigenvalue weighted by molar-refractivity contribution is 14.0. The Morgan fingerprint density at radius 2 is 1.82 bits per heavy atom. The quantitative estimate of drug-likeness (QED) is 0.371. The van der Waals surface area contributed by atoms with Crippen LogP contribution in [0.4, 0.5) is 11.5 Å². The number of para-hydroxylation sites is 1. The average molecular weight is 493 g/mol. The van der Waals surface area contributed by atoms with Crippen LogP contribution < -0.4 is 10.6 Å². The molecule has 2 N–H and O–H groups in total. The number of amides is 1. The van der Waals surface area contributed by atoms with Gasteiger partial charge >= 0.3 is 0 Å². The first-order valence-corrected chi connectivity index (χ1v) is 9.55. The summed E-state index contributed by atoms with van der Waals surface area (Å²) < 4.78 is 0. The number of guanidine groups is 1. The van der Waals surface area contributed by atoms with E-state index in [0.717, 1.165) is 30.3 Å². The minimum atomic E-state index is -0.0761. The number of pyridine rings is 1. The van der Waals surface area contributed by atoms with Crippen LogP contribution in [0.5, 0.6) is 0 Å². The normalized spacial score (nSPS) is 14.2. The summed E-state index contributed by atoms with van der Waals surface area (Å²) in [5.74, 6) is 1.35. The number of nitrogens with one attached hydrogen (secondary N) is 2. The predicted molar refractivity (Wildman–Crippen MR) is 125 cm³/mol. The first-order chi connectivity index (χ1) is 13.2. The summed E-state index contributed by atoms with van der Waals surface area (Å²) in [7, 11) is 0. The van der Waals surface area contributed by atoms with Crippen LogP contribution in [-0.2, 0) is 4.79 Å². The fourth-order valence-electron chi connectivity index (χ4n) is 2.99. The van der Waals surface area contributed by atoms with Gasteiger partial charge in [-0.2, -0.15) is 0 Å². The van der Waals surface area contributed by atoms with E-state index < -0.39 is 0 Å². The van der Waals surface area contributed by atoms with Gasteiger partial charge in [-0.1, -0.05) is 24.3 Å². The number of hydrogen-bond acceptors (Lipinski definition) is 3. The fourth-order valence-corrected chi connectivity index (χ4v) is 2.99. The summed E-state index contributed by atoms with van der Waals surface area (Å²) in [5.41, 5.74) is 2.07. The van der Waals surface area contributed by atoms with Crippen LogP contribution in [-0.4, -0.2) is 41.4 Å². The van der Waals surface area contributed by atoms with E-state index in [1.807, 2.05) is 49.4 Å². The van der Waals surface area contributed by atoms with E-state index in [0.29, 0.717) is 18.8 Å². The molecule has 1 aromatic heterocycles. The SMILES string of the molecule is Cc1ccc(NC(=O)CCN=C(Nc2ccccc2)N2CCCCC2)nc1.I. The first kappa shape index (κ1) is 22.1. The third kappa shape index (κ3) is 7.10. The molecule has 1 aliphatic rings. The molecule has 3 rings (SSSR count). The topological polar surface area (TPSA) is 69.6 Å². The number of anilines is 2. The molecule has 0 aliphatic carbocycles. The van der Waals surface area contributed by atoms with E-state index >= 15 is 0 Å². The number of carbonyl (C=O) groups is 1. The summed E-state index contributed by atoms with van der Waals surface area (Å²) in [5, 5.41) is 6.23. The molecular weight excluding hydrogens is 465 g/mol. The second kappa shape index (κ2) is 11.6. The van der Waals surface area contributed by atoms with Crippen LogP contribution in [0.25, 0.3) is 0 Å². The molecule has 28 heavy (non-hydrogen) atoms. The number of aromatic nitrogens is 1. The summed E-state index contributed by atoms with van der Waals surface area (Å²) in [6, 6.07) is 13.8. The summed E-state index contributed by atoms with van der Waals surface area (Å²) in [6.07, 6.45) is 5.68. The summed E-state index contributed by atoms with van der Waals surface area (Å²) >= 11 is 0. The van der Waals surface area contributed by atoms with Crippen LogP contribution in [0.15, 0.2) is 53.7 Å². The Bertz CT molecular complexity index is 758. The lowest BCUT2D eigenvalue weighted by molar-refractivity contribution is -0.116. The van der Waals surface area contributed by atoms with Gasteiger partial charge in [-0.05, 0) is 49.9 Å². The Balaban J connectivity index is 0.00000280. The largest absolute Gasteiger partial charge is 0.343 e. The van der Waals surface area contributed by atoms with Gasteiger partial charge in [-0.3, -0.25) is 9.79 Å². The Kier molecular flexibility index (Phi) is 9.19. The second-order valence-corrected chi connectivity index (χ2v) is 6.76. The number of aliphatic imine (C=N–C) groups is 1. The van der Waals surface area contributed by atoms with E-state index in [9.17, 15) is 4.79 Å². The smallest absolute Gasteiger partial charge is 0.227 e. The molecule has 6 nitrogen and oxygen atoms in total. The Labute approximate surface area is 183 Å². The minimum absolute atomic E-state index is 0. The van der Waals surface area contributed by atoms with Crippen molar-refractivity contribution in [2.45, 2.75) is 32.6 Å². The molecule has 0 radical (unpaired) electrons. The van der Waals surface area contributed by atoms with Crippen molar-refractivity contribution in [1.82, 2.24) is 9.88 Å². The van der Waals surface area contributed by atoms with Gasteiger partial charge in [0, 0.05) is 31.4 Å². The first-order valence-electron chi connectivity index (χ1n) is 9.55. The second-order valence-electron chi connectivity index (χ2n) is 6.76. The van der Waals surface area contributed by atoms with Gasteiger partial charge in [0.1, 0.15) is 5.82 Å². The van der Waals surface area contributed by atoms with Crippen molar-refractivity contribution < 1.29 is 4.79 Å². The maximum absolute atomic E-state index is 12.2. The molecule has 2 heterocycles. The van der Waals surface area contributed by atoms with Crippen molar-refractivity contribution in [1.29, 1.82) is 0 Å². The van der Waals surface area contributed by atoms with E-state index in [1.165, 1.54) is 19.3 Å². The molecular formula is C21H28IN5O. The highest BCUT2D eigenvalue weighted by atomic mass is 127. The Morgan fingerprint density at radius 3 is 2.50 bits per heavy atom. The molecule has 0 unspecified atom stereocenters. The standard InChI is InChI=1S/C21H27N5O.HI/c1-17-10-11-19(23-16-17)25-20(27)12-13-22-21(26-14-6-3-7-15-26)24-18-8-4-2-5-9-18;/h2,4-5,8-11,16H,3,6-7,12-15H2,1H3,(H,22,24)(H,23,25,27);1H. The lowest BCUT2D eigenvalue weighted by Gasteiger charge is -2.30. The van der Waals surface area contributed by atoms with Gasteiger partial charge in [0.25, 0.3) is 0 Å². The number of rotatable bonds is 5. The number of halogens is 1. The molecule has 1 amide bonds. The maximum atomic E-state index is 12.2. The van der Waals surface area contributed by atoms with Gasteiger partial charge in [0.2, 0.25) is 5.91 Å². The molecule has 0 atom stereocenters. The number of nitrogens with zero attached hydrogens (tertiary/aromatic N) is 3. The Hall–Kier alpha value is -2.16. The molecule has 1 fully saturated rings. The average Bonchev–Trinajstić information content (AvgIpc) is 2.70. The van der Waals surface area contributed by atoms with Crippen molar-refractivity contribution in [2.75, 3.05) is 30.3 Å². The predicted octanol–water partition coefficient (Wildman–Crippen LogP) is 4.29. The molecule has 2 aromatic rings. The monoisotopic (exact) mass is 493 g/mol. The van der Waals surface area contributed by atoms with Crippen LogP contribution in [0.1, 0.15) is 31.2 Å². The molecule has 1 aromatic carbocycles. The zero-order valence-corrected chi connectivity index (χ0v) is 18.6. The number of likely N-dealkylation sites (tertiary alicyclic amines) is 1. The molecule has 0 saturated carbocycles. The number of carbonyl (C=O) groups excluding carboxylic acids is 1. The van der Waals surface area contributed by atoms with Crippen LogP contribution in [0.3, 0.4) is 0 Å². The maximum Gasteiger partial charge on any atom is 0.227 e. The molecule has 7 heteroatoms. The van der Waals surface area contributed by atoms with E-state index in [1.54, 1.807) is 6.20 Å². The zero-order chi connectivity index (χ0) is 18.9. The molecule has 0 spiro atoms. The zero-order valence-electron chi connectivity index (χ0n) is 16.2. The number of hydrogen-bond donors (Lipinski definition) is 2. The van der Waals surface area contributed by atoms with E-state index in [2.05, 4.69) is 25.5 Å². The van der Waals surface area contributed by atoms with Gasteiger partial charge in [-0.25, -0.2) is 4.98 Å². The minimum Gasteiger partial charge on any atom is -0.343 e.